The summed E-state index contributed by atoms with van der Waals surface area (Å²) < 4.78 is 103. The van der Waals surface area contributed by atoms with Crippen molar-refractivity contribution in [1.29, 1.82) is 0 Å². The van der Waals surface area contributed by atoms with E-state index >= 15 is 0 Å². The van der Waals surface area contributed by atoms with Crippen molar-refractivity contribution in [3.05, 3.63) is 68.8 Å². The van der Waals surface area contributed by atoms with E-state index in [1.54, 1.807) is 0 Å². The summed E-state index contributed by atoms with van der Waals surface area (Å²) in [6, 6.07) is 1.26. The Morgan fingerprint density at radius 1 is 0.568 bits per heavy atom. The number of nitrogens with zero attached hydrogens (tertiary/aromatic N) is 12. The van der Waals surface area contributed by atoms with Crippen LogP contribution in [-0.4, -0.2) is 168 Å². The molecule has 0 radical (unpaired) electrons. The summed E-state index contributed by atoms with van der Waals surface area (Å²) in [4.78, 5) is 108. The van der Waals surface area contributed by atoms with Crippen LogP contribution in [0.5, 0.6) is 0 Å². The average molecular weight is 1200 g/mol. The van der Waals surface area contributed by atoms with Gasteiger partial charge in [0.15, 0.2) is 33.8 Å². The standard InChI is InChI=1S/C39H49N18O21P3/c40-23-1-2-54(39(62)49-23)25-5-17(77-79(63,64)69-8-20-15(59)3-24(73-20)56-13-47-29-33(56)50-37(42)52-35(29)60)21(74-25)9-71-81(67,68)78-18-6-27(57-14-48-30-34(57)51-38(43)53-36(30)61)75-22(18)10-70-80(65,66)76-16-4-26(72-19(16)7-58)55-12-46-28-31(41)44-11-45-32(28)55/h1-2,11-22,24-27,58-59H,3-10H2,(H,63,64)(H,65,66)(H,67,68)(H2,40,49,62)(H2,41,44,45)(H3,42,50,52,60)(H3,43,51,53,61)/t15-,16-,17-,18-,19+,20+,21+,22+,24+,25+,26+,27+/m0/s1. The van der Waals surface area contributed by atoms with Gasteiger partial charge < -0.3 is 66.8 Å². The predicted molar refractivity (Wildman–Crippen MR) is 267 cm³/mol. The lowest BCUT2D eigenvalue weighted by Gasteiger charge is -2.25. The van der Waals surface area contributed by atoms with Gasteiger partial charge in [0, 0.05) is 31.9 Å². The Hall–Kier alpha value is -6.58. The van der Waals surface area contributed by atoms with Crippen LogP contribution in [0.25, 0.3) is 33.5 Å². The summed E-state index contributed by atoms with van der Waals surface area (Å²) in [6.45, 7) is -3.26. The number of hydrogen-bond acceptors (Lipinski definition) is 30. The van der Waals surface area contributed by atoms with Gasteiger partial charge >= 0.3 is 29.2 Å². The Bertz CT molecular complexity index is 3840. The molecule has 81 heavy (non-hydrogen) atoms. The molecule has 39 nitrogen and oxygen atoms in total. The summed E-state index contributed by atoms with van der Waals surface area (Å²) in [5, 5.41) is 21.0. The zero-order chi connectivity index (χ0) is 57.3. The third kappa shape index (κ3) is 11.8. The number of anilines is 4. The maximum atomic E-state index is 14.0. The first-order valence-electron chi connectivity index (χ1n) is 24.1. The summed E-state index contributed by atoms with van der Waals surface area (Å²) in [6.07, 6.45) is -10.6. The molecule has 0 bridgehead atoms. The largest absolute Gasteiger partial charge is 0.472 e. The normalized spacial score (nSPS) is 29.2. The number of aromatic nitrogens is 14. The van der Waals surface area contributed by atoms with Crippen LogP contribution < -0.4 is 39.7 Å². The predicted octanol–water partition coefficient (Wildman–Crippen LogP) is -2.31. The van der Waals surface area contributed by atoms with Crippen molar-refractivity contribution < 1.29 is 84.7 Å². The van der Waals surface area contributed by atoms with Gasteiger partial charge in [-0.1, -0.05) is 0 Å². The fraction of sp³-hybridized carbons (Fsp3) is 0.513. The van der Waals surface area contributed by atoms with Crippen molar-refractivity contribution in [3.63, 3.8) is 0 Å². The van der Waals surface area contributed by atoms with Crippen LogP contribution in [0.15, 0.2) is 52.0 Å². The Balaban J connectivity index is 0.776. The van der Waals surface area contributed by atoms with E-state index in [9.17, 15) is 53.0 Å². The smallest absolute Gasteiger partial charge is 0.394 e. The number of nitrogens with two attached hydrogens (primary N) is 4. The molecule has 0 saturated carbocycles. The molecule has 11 rings (SSSR count). The lowest BCUT2D eigenvalue weighted by molar-refractivity contribution is -0.0628. The highest BCUT2D eigenvalue weighted by atomic mass is 31.2. The maximum Gasteiger partial charge on any atom is 0.472 e. The van der Waals surface area contributed by atoms with Crippen molar-refractivity contribution in [1.82, 2.24) is 68.1 Å². The number of nitrogens with one attached hydrogen (secondary N) is 2. The van der Waals surface area contributed by atoms with Crippen molar-refractivity contribution in [2.45, 2.75) is 99.4 Å². The van der Waals surface area contributed by atoms with E-state index in [0.717, 1.165) is 10.9 Å². The fourth-order valence-electron chi connectivity index (χ4n) is 9.59. The maximum absolute atomic E-state index is 14.0. The first-order chi connectivity index (χ1) is 38.5. The number of imidazole rings is 3. The highest BCUT2D eigenvalue weighted by molar-refractivity contribution is 7.48. The number of hydrogen-bond donors (Lipinski definition) is 11. The first-order valence-corrected chi connectivity index (χ1v) is 28.6. The monoisotopic (exact) mass is 1200 g/mol. The number of nitrogen functional groups attached to an aromatic ring is 4. The van der Waals surface area contributed by atoms with Crippen molar-refractivity contribution >= 4 is 80.5 Å². The zero-order valence-corrected chi connectivity index (χ0v) is 44.0. The van der Waals surface area contributed by atoms with Gasteiger partial charge in [-0.3, -0.25) is 65.0 Å². The molecule has 3 unspecified atom stereocenters. The van der Waals surface area contributed by atoms with Gasteiger partial charge in [0.2, 0.25) is 11.9 Å². The Morgan fingerprint density at radius 3 is 1.51 bits per heavy atom. The van der Waals surface area contributed by atoms with Crippen LogP contribution in [-0.2, 0) is 59.8 Å². The van der Waals surface area contributed by atoms with E-state index < -0.39 is 147 Å². The van der Waals surface area contributed by atoms with Gasteiger partial charge in [0.05, 0.1) is 51.5 Å². The van der Waals surface area contributed by atoms with Crippen molar-refractivity contribution in [3.8, 4) is 0 Å². The Labute approximate surface area is 449 Å². The Morgan fingerprint density at radius 2 is 1.00 bits per heavy atom. The minimum atomic E-state index is -5.38. The number of H-pyrrole nitrogens is 2. The molecule has 4 saturated heterocycles. The number of ether oxygens (including phenoxy) is 4. The molecule has 7 aromatic heterocycles. The van der Waals surface area contributed by atoms with Crippen LogP contribution >= 0.6 is 23.5 Å². The van der Waals surface area contributed by atoms with Crippen molar-refractivity contribution in [2.75, 3.05) is 49.4 Å². The SMILES string of the molecule is Nc1ccn([C@H]2C[C@H](OP(=O)(O)OC[C@H]3O[C@@H](n4cnc5c(=O)[nH]c(N)nc54)C[C@@H]3O)[C@@H](COP(=O)(O)O[C@H]3C[C@H](n4cnc5c(=O)[nH]c(N)nc54)O[C@@H]3COP(=O)(O)O[C@H]3C[C@H](n4cnc5c(N)ncnc54)O[C@@H]3CO)O2)c(=O)n1. The fourth-order valence-corrected chi connectivity index (χ4v) is 12.5. The third-order valence-corrected chi connectivity index (χ3v) is 16.4. The summed E-state index contributed by atoms with van der Waals surface area (Å²) in [5.74, 6) is -0.580. The van der Waals surface area contributed by atoms with Crippen molar-refractivity contribution in [2.24, 2.45) is 0 Å². The van der Waals surface area contributed by atoms with E-state index in [0.29, 0.717) is 0 Å². The average Bonchev–Trinajstić information content (AvgIpc) is 4.49. The molecule has 15 atom stereocenters. The van der Waals surface area contributed by atoms with Crippen LogP contribution in [0.2, 0.25) is 0 Å². The molecule has 0 spiro atoms. The molecule has 0 amide bonds. The molecule has 4 fully saturated rings. The van der Waals surface area contributed by atoms with Crippen LogP contribution in [0, 0.1) is 0 Å². The number of fused-ring (bicyclic) bond motifs is 3. The molecule has 11 heterocycles. The number of aliphatic hydroxyl groups excluding tert-OH is 2. The molecule has 4 aliphatic rings. The topological polar surface area (TPSA) is 554 Å². The zero-order valence-electron chi connectivity index (χ0n) is 41.3. The van der Waals surface area contributed by atoms with Gasteiger partial charge in [-0.05, 0) is 6.07 Å². The highest BCUT2D eigenvalue weighted by Crippen LogP contribution is 2.54. The molecule has 15 N–H and O–H groups in total. The van der Waals surface area contributed by atoms with Gasteiger partial charge in [0.1, 0.15) is 85.3 Å². The second-order valence-corrected chi connectivity index (χ2v) is 22.8. The van der Waals surface area contributed by atoms with E-state index in [1.165, 1.54) is 44.9 Å². The van der Waals surface area contributed by atoms with Gasteiger partial charge in [0.25, 0.3) is 11.1 Å². The number of aliphatic hydroxyl groups is 2. The summed E-state index contributed by atoms with van der Waals surface area (Å²) in [7, 11) is -15.7. The van der Waals surface area contributed by atoms with Gasteiger partial charge in [-0.15, -0.1) is 0 Å². The van der Waals surface area contributed by atoms with Crippen LogP contribution in [0.1, 0.15) is 50.6 Å². The molecule has 7 aromatic rings. The van der Waals surface area contributed by atoms with E-state index in [1.807, 2.05) is 0 Å². The number of phosphoric ester groups is 3. The minimum absolute atomic E-state index is 0.0382. The number of rotatable bonds is 20. The Kier molecular flexibility index (Phi) is 15.3. The van der Waals surface area contributed by atoms with Crippen LogP contribution in [0.4, 0.5) is 23.5 Å². The molecular weight excluding hydrogens is 1150 g/mol. The number of phosphoric acid groups is 3. The third-order valence-electron chi connectivity index (χ3n) is 13.3. The molecule has 0 aliphatic carbocycles. The first kappa shape index (κ1) is 56.3. The lowest BCUT2D eigenvalue weighted by atomic mass is 10.2. The van der Waals surface area contributed by atoms with E-state index in [2.05, 4.69) is 49.8 Å². The lowest BCUT2D eigenvalue weighted by Crippen LogP contribution is -2.31. The van der Waals surface area contributed by atoms with Gasteiger partial charge in [-0.2, -0.15) is 15.0 Å². The van der Waals surface area contributed by atoms with E-state index in [-0.39, 0.29) is 76.3 Å². The van der Waals surface area contributed by atoms with E-state index in [4.69, 9.17) is 69.0 Å². The molecule has 0 aromatic carbocycles. The molecule has 42 heteroatoms. The highest BCUT2D eigenvalue weighted by Gasteiger charge is 2.48. The molecule has 4 aliphatic heterocycles. The second-order valence-electron chi connectivity index (χ2n) is 18.6. The minimum Gasteiger partial charge on any atom is -0.394 e. The second kappa shape index (κ2) is 22.0. The number of aromatic amines is 2. The quantitative estimate of drug-likeness (QED) is 0.0357. The molecular formula is C39H49N18O21P3. The summed E-state index contributed by atoms with van der Waals surface area (Å²) >= 11 is 0. The van der Waals surface area contributed by atoms with Crippen LogP contribution in [0.3, 0.4) is 0 Å². The molecule has 436 valence electrons. The summed E-state index contributed by atoms with van der Waals surface area (Å²) in [5.41, 5.74) is 21.1. The van der Waals surface area contributed by atoms with Gasteiger partial charge in [-0.25, -0.2) is 43.4 Å².